The van der Waals surface area contributed by atoms with Gasteiger partial charge in [0.15, 0.2) is 22.4 Å². The molecule has 1 aliphatic heterocycles. The summed E-state index contributed by atoms with van der Waals surface area (Å²) in [6.45, 7) is -0.527. The number of hydrogen-bond acceptors (Lipinski definition) is 6. The molecule has 9 heteroatoms. The number of thioether (sulfide) groups is 1. The van der Waals surface area contributed by atoms with E-state index in [1.165, 1.54) is 23.8 Å². The van der Waals surface area contributed by atoms with Crippen molar-refractivity contribution in [2.45, 2.75) is 0 Å². The molecule has 0 radical (unpaired) electrons. The molecule has 6 nitrogen and oxygen atoms in total. The Kier molecular flexibility index (Phi) is 6.38. The number of halogens is 1. The number of para-hydroxylation sites is 1. The van der Waals surface area contributed by atoms with E-state index in [0.717, 1.165) is 4.47 Å². The Labute approximate surface area is 179 Å². The molecule has 1 saturated heterocycles. The van der Waals surface area contributed by atoms with Gasteiger partial charge in [-0.15, -0.1) is 0 Å². The predicted molar refractivity (Wildman–Crippen MR) is 116 cm³/mol. The molecular weight excluding hydrogens is 466 g/mol. The van der Waals surface area contributed by atoms with Crippen LogP contribution in [-0.4, -0.2) is 35.0 Å². The molecule has 1 N–H and O–H groups in total. The van der Waals surface area contributed by atoms with Gasteiger partial charge in [0.05, 0.1) is 17.7 Å². The number of nitrogens with zero attached hydrogens (tertiary/aromatic N) is 1. The molecule has 0 spiro atoms. The number of anilines is 1. The molecule has 3 rings (SSSR count). The smallest absolute Gasteiger partial charge is 0.341 e. The number of rotatable bonds is 6. The molecule has 1 aliphatic rings. The van der Waals surface area contributed by atoms with Crippen molar-refractivity contribution in [2.24, 2.45) is 0 Å². The number of ether oxygens (including phenoxy) is 2. The minimum Gasteiger partial charge on any atom is -0.493 e. The third-order valence-corrected chi connectivity index (χ3v) is 5.57. The second-order valence-electron chi connectivity index (χ2n) is 5.55. The standard InChI is InChI=1S/C19H14BrNO5S2/c1-25-14-4-2-3-11(17(14)26-10-16(22)23)9-15-18(24)21(19(27)28-15)13-7-5-12(20)6-8-13/h2-9H,10H2,1H3,(H,22,23)/b15-9+. The molecule has 0 bridgehead atoms. The largest absolute Gasteiger partial charge is 0.493 e. The van der Waals surface area contributed by atoms with Crippen LogP contribution in [0.5, 0.6) is 11.5 Å². The lowest BCUT2D eigenvalue weighted by molar-refractivity contribution is -0.139. The number of carbonyl (C=O) groups is 2. The molecule has 28 heavy (non-hydrogen) atoms. The van der Waals surface area contributed by atoms with Crippen LogP contribution in [0.2, 0.25) is 0 Å². The fraction of sp³-hybridized carbons (Fsp3) is 0.105. The van der Waals surface area contributed by atoms with Gasteiger partial charge in [0.2, 0.25) is 0 Å². The van der Waals surface area contributed by atoms with Crippen LogP contribution in [0.25, 0.3) is 6.08 Å². The van der Waals surface area contributed by atoms with E-state index in [4.69, 9.17) is 26.8 Å². The zero-order chi connectivity index (χ0) is 20.3. The predicted octanol–water partition coefficient (Wildman–Crippen LogP) is 4.33. The maximum atomic E-state index is 12.9. The monoisotopic (exact) mass is 479 g/mol. The Morgan fingerprint density at radius 3 is 2.64 bits per heavy atom. The normalized spacial score (nSPS) is 15.2. The summed E-state index contributed by atoms with van der Waals surface area (Å²) < 4.78 is 11.9. The van der Waals surface area contributed by atoms with Crippen LogP contribution >= 0.6 is 39.9 Å². The van der Waals surface area contributed by atoms with E-state index in [0.29, 0.717) is 26.2 Å². The lowest BCUT2D eigenvalue weighted by Gasteiger charge is -2.14. The van der Waals surface area contributed by atoms with E-state index in [1.807, 2.05) is 12.1 Å². The third kappa shape index (κ3) is 4.37. The van der Waals surface area contributed by atoms with E-state index in [2.05, 4.69) is 15.9 Å². The molecule has 2 aromatic carbocycles. The topological polar surface area (TPSA) is 76.1 Å². The van der Waals surface area contributed by atoms with Crippen molar-refractivity contribution in [3.63, 3.8) is 0 Å². The zero-order valence-electron chi connectivity index (χ0n) is 14.5. The Bertz CT molecular complexity index is 975. The van der Waals surface area contributed by atoms with Crippen molar-refractivity contribution in [2.75, 3.05) is 18.6 Å². The Hall–Kier alpha value is -2.36. The van der Waals surface area contributed by atoms with Gasteiger partial charge in [0, 0.05) is 10.0 Å². The fourth-order valence-electron chi connectivity index (χ4n) is 2.52. The second-order valence-corrected chi connectivity index (χ2v) is 8.15. The number of benzene rings is 2. The molecule has 1 fully saturated rings. The van der Waals surface area contributed by atoms with Crippen LogP contribution in [0, 0.1) is 0 Å². The van der Waals surface area contributed by atoms with Crippen LogP contribution in [0.4, 0.5) is 5.69 Å². The van der Waals surface area contributed by atoms with Crippen LogP contribution < -0.4 is 14.4 Å². The number of carboxylic acid groups (broad SMARTS) is 1. The number of methoxy groups -OCH3 is 1. The summed E-state index contributed by atoms with van der Waals surface area (Å²) in [4.78, 5) is 25.6. The summed E-state index contributed by atoms with van der Waals surface area (Å²) in [5.74, 6) is -0.748. The van der Waals surface area contributed by atoms with Crippen molar-refractivity contribution in [3.05, 3.63) is 57.4 Å². The highest BCUT2D eigenvalue weighted by Crippen LogP contribution is 2.39. The van der Waals surface area contributed by atoms with Crippen LogP contribution in [-0.2, 0) is 9.59 Å². The minimum atomic E-state index is -1.11. The first-order chi connectivity index (χ1) is 13.4. The number of aliphatic carboxylic acids is 1. The van der Waals surface area contributed by atoms with Crippen molar-refractivity contribution in [1.82, 2.24) is 0 Å². The maximum absolute atomic E-state index is 12.9. The van der Waals surface area contributed by atoms with E-state index in [-0.39, 0.29) is 11.7 Å². The molecule has 0 aromatic heterocycles. The Balaban J connectivity index is 1.95. The Morgan fingerprint density at radius 2 is 2.00 bits per heavy atom. The third-order valence-electron chi connectivity index (χ3n) is 3.73. The van der Waals surface area contributed by atoms with Gasteiger partial charge in [-0.25, -0.2) is 4.79 Å². The highest BCUT2D eigenvalue weighted by molar-refractivity contribution is 9.10. The van der Waals surface area contributed by atoms with E-state index >= 15 is 0 Å². The first kappa shape index (κ1) is 20.4. The van der Waals surface area contributed by atoms with Gasteiger partial charge in [0.1, 0.15) is 0 Å². The van der Waals surface area contributed by atoms with Crippen LogP contribution in [0.15, 0.2) is 51.8 Å². The average Bonchev–Trinajstić information content (AvgIpc) is 2.94. The lowest BCUT2D eigenvalue weighted by atomic mass is 10.1. The quantitative estimate of drug-likeness (QED) is 0.487. The van der Waals surface area contributed by atoms with E-state index in [9.17, 15) is 9.59 Å². The molecule has 0 unspecified atom stereocenters. The van der Waals surface area contributed by atoms with Crippen molar-refractivity contribution in [1.29, 1.82) is 0 Å². The van der Waals surface area contributed by atoms with Gasteiger partial charge in [-0.05, 0) is 36.4 Å². The van der Waals surface area contributed by atoms with Gasteiger partial charge in [0.25, 0.3) is 5.91 Å². The first-order valence-corrected chi connectivity index (χ1v) is 9.97. The summed E-state index contributed by atoms with van der Waals surface area (Å²) in [6, 6.07) is 12.4. The van der Waals surface area contributed by atoms with Gasteiger partial charge in [-0.2, -0.15) is 0 Å². The van der Waals surface area contributed by atoms with Crippen molar-refractivity contribution in [3.8, 4) is 11.5 Å². The molecule has 1 amide bonds. The summed E-state index contributed by atoms with van der Waals surface area (Å²) in [5, 5.41) is 8.90. The van der Waals surface area contributed by atoms with E-state index in [1.54, 1.807) is 36.4 Å². The molecule has 0 saturated carbocycles. The molecule has 1 heterocycles. The lowest BCUT2D eigenvalue weighted by Crippen LogP contribution is -2.27. The van der Waals surface area contributed by atoms with Gasteiger partial charge >= 0.3 is 5.97 Å². The number of thiocarbonyl (C=S) groups is 1. The first-order valence-electron chi connectivity index (χ1n) is 7.96. The number of amides is 1. The summed E-state index contributed by atoms with van der Waals surface area (Å²) in [6.07, 6.45) is 1.62. The number of carboxylic acids is 1. The average molecular weight is 480 g/mol. The second kappa shape index (κ2) is 8.76. The number of hydrogen-bond donors (Lipinski definition) is 1. The summed E-state index contributed by atoms with van der Waals surface area (Å²) in [7, 11) is 1.46. The highest BCUT2D eigenvalue weighted by atomic mass is 79.9. The minimum absolute atomic E-state index is 0.251. The zero-order valence-corrected chi connectivity index (χ0v) is 17.8. The van der Waals surface area contributed by atoms with E-state index < -0.39 is 12.6 Å². The maximum Gasteiger partial charge on any atom is 0.341 e. The van der Waals surface area contributed by atoms with Gasteiger partial charge in [-0.1, -0.05) is 52.0 Å². The summed E-state index contributed by atoms with van der Waals surface area (Å²) >= 11 is 9.91. The van der Waals surface area contributed by atoms with Gasteiger partial charge in [-0.3, -0.25) is 9.69 Å². The van der Waals surface area contributed by atoms with Crippen molar-refractivity contribution < 1.29 is 24.2 Å². The van der Waals surface area contributed by atoms with Crippen LogP contribution in [0.1, 0.15) is 5.56 Å². The molecule has 0 atom stereocenters. The van der Waals surface area contributed by atoms with Crippen molar-refractivity contribution >= 4 is 67.9 Å². The molecule has 0 aliphatic carbocycles. The summed E-state index contributed by atoms with van der Waals surface area (Å²) in [5.41, 5.74) is 1.19. The SMILES string of the molecule is COc1cccc(/C=C2/SC(=S)N(c3ccc(Br)cc3)C2=O)c1OCC(=O)O. The fourth-order valence-corrected chi connectivity index (χ4v) is 4.07. The Morgan fingerprint density at radius 1 is 1.29 bits per heavy atom. The molecule has 2 aromatic rings. The van der Waals surface area contributed by atoms with Crippen LogP contribution in [0.3, 0.4) is 0 Å². The highest BCUT2D eigenvalue weighted by Gasteiger charge is 2.33. The number of carbonyl (C=O) groups excluding carboxylic acids is 1. The van der Waals surface area contributed by atoms with Gasteiger partial charge < -0.3 is 14.6 Å². The molecule has 144 valence electrons. The molecular formula is C19H14BrNO5S2.